The first-order valence-electron chi connectivity index (χ1n) is 39.9. The van der Waals surface area contributed by atoms with Crippen LogP contribution < -0.4 is 25.8 Å². The van der Waals surface area contributed by atoms with Crippen molar-refractivity contribution in [3.8, 4) is 0 Å². The predicted molar refractivity (Wildman–Crippen MR) is 486 cm³/mol. The molecule has 4 aliphatic carbocycles. The molecular weight excluding hydrogens is 1790 g/mol. The van der Waals surface area contributed by atoms with Crippen LogP contribution in [0.15, 0.2) is 243 Å². The van der Waals surface area contributed by atoms with Crippen LogP contribution in [0.3, 0.4) is 0 Å². The van der Waals surface area contributed by atoms with Gasteiger partial charge in [-0.2, -0.15) is 0 Å². The van der Waals surface area contributed by atoms with E-state index < -0.39 is 5.97 Å². The third-order valence-corrected chi connectivity index (χ3v) is 25.7. The number of Topliss-reactive ketones (excluding diaryl/α,β-unsaturated/α-hetero) is 1. The summed E-state index contributed by atoms with van der Waals surface area (Å²) < 4.78 is 4.29. The maximum Gasteiger partial charge on any atom is 0.354 e. The molecule has 4 aliphatic heterocycles. The summed E-state index contributed by atoms with van der Waals surface area (Å²) in [6.07, 6.45) is 19.4. The van der Waals surface area contributed by atoms with Gasteiger partial charge >= 0.3 is 5.97 Å². The molecule has 4 spiro atoms. The molecule has 0 unspecified atom stereocenters. The third kappa shape index (κ3) is 20.3. The summed E-state index contributed by atoms with van der Waals surface area (Å²) in [4.78, 5) is 55.1. The van der Waals surface area contributed by atoms with Crippen molar-refractivity contribution < 1.29 is 35.8 Å². The molecule has 8 aliphatic rings. The minimum absolute atomic E-state index is 0. The number of nitrogens with one attached hydrogen (secondary N) is 1. The number of benzene rings is 8. The molecule has 20 heteroatoms. The van der Waals surface area contributed by atoms with Crippen LogP contribution in [-0.2, 0) is 46.9 Å². The molecule has 4 saturated carbocycles. The summed E-state index contributed by atoms with van der Waals surface area (Å²) in [5, 5.41) is 13.3. The van der Waals surface area contributed by atoms with Crippen LogP contribution in [-0.4, -0.2) is 98.0 Å². The van der Waals surface area contributed by atoms with E-state index in [1.54, 1.807) is 22.4 Å². The summed E-state index contributed by atoms with van der Waals surface area (Å²) in [6, 6.07) is 76.7. The molecule has 118 heavy (non-hydrogen) atoms. The molecule has 8 aromatic carbocycles. The van der Waals surface area contributed by atoms with Crippen LogP contribution in [0.2, 0.25) is 10.0 Å². The van der Waals surface area contributed by atoms with Crippen LogP contribution in [0.5, 0.6) is 0 Å². The fourth-order valence-corrected chi connectivity index (χ4v) is 19.1. The number of aryl methyl sites for hydroxylation is 3. The number of aromatic nitrogens is 6. The van der Waals surface area contributed by atoms with Gasteiger partial charge in [0.2, 0.25) is 11.6 Å². The molecule has 8 heterocycles. The number of aromatic carboxylic acids is 1. The van der Waals surface area contributed by atoms with E-state index in [4.69, 9.17) is 47.2 Å². The Labute approximate surface area is 735 Å². The minimum Gasteiger partial charge on any atom is -0.477 e. The van der Waals surface area contributed by atoms with Gasteiger partial charge in [0.05, 0.1) is 47.0 Å². The normalized spacial score (nSPS) is 17.4. The maximum atomic E-state index is 13.1. The van der Waals surface area contributed by atoms with Crippen LogP contribution in [0.4, 0.5) is 28.4 Å². The number of ketones is 1. The second-order valence-electron chi connectivity index (χ2n) is 32.6. The average molecular weight is 1900 g/mol. The van der Waals surface area contributed by atoms with Gasteiger partial charge in [0.1, 0.15) is 5.69 Å². The number of carboxylic acids is 1. The Balaban J connectivity index is 0.000000145. The zero-order valence-electron chi connectivity index (χ0n) is 65.1. The number of nitrogens with zero attached hydrogens (tertiary/aromatic N) is 11. The molecule has 0 amide bonds. The predicted octanol–water partition coefficient (Wildman–Crippen LogP) is 22.8. The number of rotatable bonds is 15. The van der Waals surface area contributed by atoms with Gasteiger partial charge in [-0.25, -0.2) is 34.4 Å². The second kappa shape index (κ2) is 39.5. The first kappa shape index (κ1) is 89.2. The Bertz CT molecular complexity index is 5360. The van der Waals surface area contributed by atoms with E-state index in [0.29, 0.717) is 92.6 Å². The van der Waals surface area contributed by atoms with Gasteiger partial charge in [0, 0.05) is 136 Å². The molecule has 4 N–H and O–H groups in total. The summed E-state index contributed by atoms with van der Waals surface area (Å²) in [6.45, 7) is 27.7. The van der Waals surface area contributed by atoms with Crippen molar-refractivity contribution in [2.45, 2.75) is 143 Å². The van der Waals surface area contributed by atoms with Crippen LogP contribution >= 0.6 is 45.8 Å². The minimum atomic E-state index is -1.02. The zero-order chi connectivity index (χ0) is 79.0. The molecule has 12 aromatic rings. The number of carboxylic acid groups (broad SMARTS) is 1. The number of imidazole rings is 2. The van der Waals surface area contributed by atoms with Gasteiger partial charge in [-0.3, -0.25) is 13.6 Å². The van der Waals surface area contributed by atoms with Gasteiger partial charge in [-0.15, -0.1) is 0 Å². The van der Waals surface area contributed by atoms with Gasteiger partial charge in [-0.1, -0.05) is 241 Å². The van der Waals surface area contributed by atoms with Gasteiger partial charge < -0.3 is 30.9 Å². The van der Waals surface area contributed by atoms with E-state index in [1.807, 2.05) is 50.2 Å². The van der Waals surface area contributed by atoms with Gasteiger partial charge in [-0.05, 0) is 192 Å². The van der Waals surface area contributed by atoms with E-state index in [2.05, 4.69) is 254 Å². The molecule has 0 radical (unpaired) electrons. The number of hydrogen-bond acceptors (Lipinski definition) is 11. The topological polar surface area (TPSA) is 171 Å². The standard InChI is InChI=1S/C29H29ClN4O.C19H18N2.C19H22N2.C12H15N.C9H8ClN3O2.C7H4IN.3CH4.W/c1-2-25-27(34-17-23(30)16-31-28(34)32-25)26(35)13-10-20-8-11-24(12-9-20)33-18-29(19-33)14-22(15-29)21-6-4-3-5-7-21;1-20-17-7-9-18(10-8-17)21-13-19(14-21)11-16(12-19)15-5-3-2-4-6-15;20-12-15-6-8-18(9-7-15)21-13-19(14-21)10-17(11-19)16-4-2-1-3-5-16;1-2-4-10(5-3-1)11-6-12(7-11)8-13-9-12;1-2-6-7(8(14)15)13-4-5(10)3-11-9(13)12-6;1-9-7-4-2-6(8)3-5-7;;;;/h3-9,11-12,16-17,22H,2,10,13-15,18-19H2,1H3;2-10,16H,11-14H2;1-9,17H,10-14,20H2;1-5,11,13H,6-9H2;3-4H,2H2,1H3,(H,14,15);2-5H;3*1H4;. The molecule has 4 saturated heterocycles. The second-order valence-corrected chi connectivity index (χ2v) is 34.7. The van der Waals surface area contributed by atoms with Crippen molar-refractivity contribution in [3.05, 3.63) is 336 Å². The Morgan fingerprint density at radius 3 is 1.13 bits per heavy atom. The number of anilines is 3. The van der Waals surface area contributed by atoms with E-state index in [9.17, 15) is 9.59 Å². The number of carbonyl (C=O) groups excluding carboxylic acids is 1. The monoisotopic (exact) mass is 1900 g/mol. The smallest absolute Gasteiger partial charge is 0.354 e. The number of hydrogen-bond donors (Lipinski definition) is 3. The molecule has 20 rings (SSSR count). The quantitative estimate of drug-likeness (QED) is 0.0505. The number of carbonyl (C=O) groups is 2. The molecule has 0 atom stereocenters. The molecule has 0 bridgehead atoms. The van der Waals surface area contributed by atoms with E-state index in [-0.39, 0.29) is 54.8 Å². The SMILES string of the molecule is C.C.C.CCc1nc2ncc(Cl)cn2c1C(=O)CCc1ccc(N2CC3(CC(c4ccccc4)C3)C2)cc1.CCc1nc2ncc(Cl)cn2c1C(=O)O.NCc1ccc(N2CC3(CC(c4ccccc4)C3)C2)cc1.[C-]#[N+]c1ccc(I)cc1.[C-]#[N+]c1ccc(N2CC3(CC(c4ccccc4)C3)C2)cc1.[W].c1ccc(C2CC3(CNC3)C2)cc1. The number of halogens is 3. The summed E-state index contributed by atoms with van der Waals surface area (Å²) >= 11 is 14.1. The average Bonchev–Trinajstić information content (AvgIpc) is 0.912. The summed E-state index contributed by atoms with van der Waals surface area (Å²) in [5.74, 6) is 3.05. The summed E-state index contributed by atoms with van der Waals surface area (Å²) in [7, 11) is 0. The number of nitrogens with two attached hydrogens (primary N) is 1. The van der Waals surface area contributed by atoms with Crippen molar-refractivity contribution in [1.82, 2.24) is 34.1 Å². The van der Waals surface area contributed by atoms with Crippen molar-refractivity contribution in [3.63, 3.8) is 0 Å². The Morgan fingerprint density at radius 1 is 0.483 bits per heavy atom. The Hall–Kier alpha value is -9.56. The Kier molecular flexibility index (Phi) is 29.9. The first-order chi connectivity index (χ1) is 55.4. The van der Waals surface area contributed by atoms with Crippen LogP contribution in [0.25, 0.3) is 21.2 Å². The van der Waals surface area contributed by atoms with Gasteiger partial charge in [0.25, 0.3) is 0 Å². The Morgan fingerprint density at radius 2 is 0.805 bits per heavy atom. The number of fused-ring (bicyclic) bond motifs is 2. The van der Waals surface area contributed by atoms with E-state index >= 15 is 0 Å². The van der Waals surface area contributed by atoms with Crippen molar-refractivity contribution >= 4 is 97.5 Å². The molecule has 16 nitrogen and oxygen atoms in total. The van der Waals surface area contributed by atoms with Crippen LogP contribution in [0, 0.1) is 38.4 Å². The summed E-state index contributed by atoms with van der Waals surface area (Å²) in [5.41, 5.74) is 23.8. The maximum absolute atomic E-state index is 13.1. The third-order valence-electron chi connectivity index (χ3n) is 24.6. The van der Waals surface area contributed by atoms with Crippen molar-refractivity contribution in [2.75, 3.05) is 67.1 Å². The van der Waals surface area contributed by atoms with E-state index in [0.717, 1.165) is 48.1 Å². The zero-order valence-corrected chi connectivity index (χ0v) is 71.7. The molecular formula is C98H108Cl2IN13O3W. The fourth-order valence-electron chi connectivity index (χ4n) is 18.4. The molecule has 4 aromatic heterocycles. The van der Waals surface area contributed by atoms with E-state index in [1.165, 1.54) is 156 Å². The van der Waals surface area contributed by atoms with Gasteiger partial charge in [0.15, 0.2) is 22.9 Å². The molecule has 8 fully saturated rings. The van der Waals surface area contributed by atoms with Crippen molar-refractivity contribution in [2.24, 2.45) is 27.4 Å². The van der Waals surface area contributed by atoms with Crippen LogP contribution in [0.1, 0.15) is 183 Å². The van der Waals surface area contributed by atoms with Crippen molar-refractivity contribution in [1.29, 1.82) is 0 Å². The molecule has 610 valence electrons. The largest absolute Gasteiger partial charge is 0.477 e. The first-order valence-corrected chi connectivity index (χ1v) is 41.7. The fraction of sp³-hybridized carbons (Fsp3) is 0.347.